The Bertz CT molecular complexity index is 311. The van der Waals surface area contributed by atoms with Crippen molar-refractivity contribution >= 4 is 22.5 Å². The zero-order valence-electron chi connectivity index (χ0n) is 10.4. The fraction of sp³-hybridized carbons (Fsp3) is 0.636. The van der Waals surface area contributed by atoms with Crippen LogP contribution in [0.1, 0.15) is 20.3 Å². The van der Waals surface area contributed by atoms with E-state index in [1.165, 1.54) is 11.3 Å². The van der Waals surface area contributed by atoms with E-state index in [9.17, 15) is 4.79 Å². The Morgan fingerprint density at radius 3 is 2.82 bits per heavy atom. The molecule has 0 aliphatic heterocycles. The van der Waals surface area contributed by atoms with Crippen molar-refractivity contribution in [1.82, 2.24) is 15.2 Å². The summed E-state index contributed by atoms with van der Waals surface area (Å²) in [5, 5.41) is 7.96. The van der Waals surface area contributed by atoms with Crippen LogP contribution in [0.2, 0.25) is 0 Å². The fourth-order valence-corrected chi connectivity index (χ4v) is 1.99. The lowest BCUT2D eigenvalue weighted by molar-refractivity contribution is 0.250. The Labute approximate surface area is 106 Å². The third-order valence-electron chi connectivity index (χ3n) is 2.48. The van der Waals surface area contributed by atoms with E-state index < -0.39 is 0 Å². The summed E-state index contributed by atoms with van der Waals surface area (Å²) in [6.07, 6.45) is 2.63. The van der Waals surface area contributed by atoms with Gasteiger partial charge in [0.05, 0.1) is 0 Å². The SMILES string of the molecule is CCN(CC)CCCNC(=O)Nc1nccs1. The molecule has 0 unspecified atom stereocenters. The fourth-order valence-electron chi connectivity index (χ4n) is 1.47. The molecule has 0 aliphatic rings. The number of nitrogens with zero attached hydrogens (tertiary/aromatic N) is 2. The molecule has 0 saturated heterocycles. The maximum absolute atomic E-state index is 11.4. The number of aromatic nitrogens is 1. The Kier molecular flexibility index (Phi) is 6.57. The highest BCUT2D eigenvalue weighted by molar-refractivity contribution is 7.13. The van der Waals surface area contributed by atoms with Gasteiger partial charge in [0.15, 0.2) is 5.13 Å². The van der Waals surface area contributed by atoms with Crippen LogP contribution in [0.5, 0.6) is 0 Å². The summed E-state index contributed by atoms with van der Waals surface area (Å²) in [6.45, 7) is 8.11. The van der Waals surface area contributed by atoms with Gasteiger partial charge in [-0.05, 0) is 26.1 Å². The summed E-state index contributed by atoms with van der Waals surface area (Å²) in [7, 11) is 0. The predicted molar refractivity (Wildman–Crippen MR) is 71.5 cm³/mol. The number of thiazole rings is 1. The number of hydrogen-bond acceptors (Lipinski definition) is 4. The lowest BCUT2D eigenvalue weighted by Crippen LogP contribution is -2.32. The Morgan fingerprint density at radius 1 is 1.47 bits per heavy atom. The Hall–Kier alpha value is -1.14. The van der Waals surface area contributed by atoms with Crippen LogP contribution < -0.4 is 10.6 Å². The van der Waals surface area contributed by atoms with Crippen molar-refractivity contribution in [2.45, 2.75) is 20.3 Å². The van der Waals surface area contributed by atoms with Gasteiger partial charge in [0.2, 0.25) is 0 Å². The topological polar surface area (TPSA) is 57.3 Å². The molecule has 1 heterocycles. The molecule has 6 heteroatoms. The maximum Gasteiger partial charge on any atom is 0.321 e. The Balaban J connectivity index is 2.08. The van der Waals surface area contributed by atoms with Crippen molar-refractivity contribution < 1.29 is 4.79 Å². The summed E-state index contributed by atoms with van der Waals surface area (Å²) in [5.74, 6) is 0. The van der Waals surface area contributed by atoms with Crippen LogP contribution in [-0.2, 0) is 0 Å². The summed E-state index contributed by atoms with van der Waals surface area (Å²) >= 11 is 1.41. The molecule has 17 heavy (non-hydrogen) atoms. The number of carbonyl (C=O) groups excluding carboxylic acids is 1. The summed E-state index contributed by atoms with van der Waals surface area (Å²) in [4.78, 5) is 17.7. The van der Waals surface area contributed by atoms with E-state index in [2.05, 4.69) is 34.4 Å². The summed E-state index contributed by atoms with van der Waals surface area (Å²) in [5.41, 5.74) is 0. The van der Waals surface area contributed by atoms with Gasteiger partial charge in [0, 0.05) is 18.1 Å². The van der Waals surface area contributed by atoms with Gasteiger partial charge in [-0.3, -0.25) is 5.32 Å². The summed E-state index contributed by atoms with van der Waals surface area (Å²) < 4.78 is 0. The van der Waals surface area contributed by atoms with E-state index in [1.807, 2.05) is 5.38 Å². The second-order valence-corrected chi connectivity index (χ2v) is 4.49. The van der Waals surface area contributed by atoms with Crippen molar-refractivity contribution in [2.75, 3.05) is 31.5 Å². The highest BCUT2D eigenvalue weighted by Gasteiger charge is 2.03. The van der Waals surface area contributed by atoms with Crippen LogP contribution in [0, 0.1) is 0 Å². The molecule has 5 nitrogen and oxygen atoms in total. The number of hydrogen-bond donors (Lipinski definition) is 2. The molecular weight excluding hydrogens is 236 g/mol. The number of rotatable bonds is 7. The highest BCUT2D eigenvalue weighted by atomic mass is 32.1. The van der Waals surface area contributed by atoms with Gasteiger partial charge in [0.25, 0.3) is 0 Å². The third kappa shape index (κ3) is 5.65. The molecule has 0 atom stereocenters. The largest absolute Gasteiger partial charge is 0.338 e. The minimum atomic E-state index is -0.181. The lowest BCUT2D eigenvalue weighted by atomic mass is 10.3. The average molecular weight is 256 g/mol. The highest BCUT2D eigenvalue weighted by Crippen LogP contribution is 2.09. The number of carbonyl (C=O) groups is 1. The predicted octanol–water partition coefficient (Wildman–Crippen LogP) is 2.00. The lowest BCUT2D eigenvalue weighted by Gasteiger charge is -2.17. The van der Waals surface area contributed by atoms with E-state index in [-0.39, 0.29) is 6.03 Å². The zero-order chi connectivity index (χ0) is 12.5. The number of amides is 2. The van der Waals surface area contributed by atoms with E-state index in [1.54, 1.807) is 6.20 Å². The van der Waals surface area contributed by atoms with E-state index in [0.717, 1.165) is 26.1 Å². The molecule has 1 aromatic rings. The first-order valence-electron chi connectivity index (χ1n) is 5.93. The smallest absolute Gasteiger partial charge is 0.321 e. The minimum absolute atomic E-state index is 0.181. The van der Waals surface area contributed by atoms with Crippen LogP contribution in [0.15, 0.2) is 11.6 Å². The molecule has 1 aromatic heterocycles. The molecule has 0 saturated carbocycles. The molecule has 2 N–H and O–H groups in total. The summed E-state index contributed by atoms with van der Waals surface area (Å²) in [6, 6.07) is -0.181. The van der Waals surface area contributed by atoms with Gasteiger partial charge in [-0.1, -0.05) is 13.8 Å². The molecule has 2 amide bonds. The van der Waals surface area contributed by atoms with Crippen molar-refractivity contribution in [2.24, 2.45) is 0 Å². The molecule has 0 radical (unpaired) electrons. The standard InChI is InChI=1S/C11H20N4OS/c1-3-15(4-2)8-5-6-12-10(16)14-11-13-7-9-17-11/h7,9H,3-6,8H2,1-2H3,(H2,12,13,14,16). The first kappa shape index (κ1) is 13.9. The van der Waals surface area contributed by atoms with Crippen LogP contribution in [0.25, 0.3) is 0 Å². The third-order valence-corrected chi connectivity index (χ3v) is 3.17. The molecule has 0 spiro atoms. The first-order valence-corrected chi connectivity index (χ1v) is 6.81. The first-order chi connectivity index (χ1) is 8.26. The van der Waals surface area contributed by atoms with Gasteiger partial charge in [0.1, 0.15) is 0 Å². The maximum atomic E-state index is 11.4. The van der Waals surface area contributed by atoms with E-state index in [4.69, 9.17) is 0 Å². The number of urea groups is 1. The van der Waals surface area contributed by atoms with Gasteiger partial charge < -0.3 is 10.2 Å². The zero-order valence-corrected chi connectivity index (χ0v) is 11.2. The number of nitrogens with one attached hydrogen (secondary N) is 2. The van der Waals surface area contributed by atoms with Gasteiger partial charge in [-0.15, -0.1) is 11.3 Å². The minimum Gasteiger partial charge on any atom is -0.338 e. The number of anilines is 1. The average Bonchev–Trinajstić information content (AvgIpc) is 2.82. The van der Waals surface area contributed by atoms with Gasteiger partial charge >= 0.3 is 6.03 Å². The molecule has 1 rings (SSSR count). The Morgan fingerprint density at radius 2 is 2.24 bits per heavy atom. The quantitative estimate of drug-likeness (QED) is 0.734. The molecule has 96 valence electrons. The second kappa shape index (κ2) is 8.03. The van der Waals surface area contributed by atoms with Crippen LogP contribution >= 0.6 is 11.3 Å². The van der Waals surface area contributed by atoms with Crippen LogP contribution in [0.3, 0.4) is 0 Å². The van der Waals surface area contributed by atoms with Crippen molar-refractivity contribution in [1.29, 1.82) is 0 Å². The second-order valence-electron chi connectivity index (χ2n) is 3.60. The van der Waals surface area contributed by atoms with Gasteiger partial charge in [-0.2, -0.15) is 0 Å². The van der Waals surface area contributed by atoms with Crippen LogP contribution in [-0.4, -0.2) is 42.1 Å². The van der Waals surface area contributed by atoms with E-state index in [0.29, 0.717) is 11.7 Å². The van der Waals surface area contributed by atoms with E-state index >= 15 is 0 Å². The monoisotopic (exact) mass is 256 g/mol. The normalized spacial score (nSPS) is 10.5. The van der Waals surface area contributed by atoms with Crippen LogP contribution in [0.4, 0.5) is 9.93 Å². The molecular formula is C11H20N4OS. The molecule has 0 aromatic carbocycles. The molecule has 0 aliphatic carbocycles. The van der Waals surface area contributed by atoms with Crippen molar-refractivity contribution in [3.63, 3.8) is 0 Å². The van der Waals surface area contributed by atoms with Crippen molar-refractivity contribution in [3.8, 4) is 0 Å². The van der Waals surface area contributed by atoms with Gasteiger partial charge in [-0.25, -0.2) is 9.78 Å². The van der Waals surface area contributed by atoms with Crippen molar-refractivity contribution in [3.05, 3.63) is 11.6 Å². The molecule has 0 bridgehead atoms. The molecule has 0 fully saturated rings.